The lowest BCUT2D eigenvalue weighted by atomic mass is 10.1. The van der Waals surface area contributed by atoms with E-state index in [9.17, 15) is 9.59 Å². The van der Waals surface area contributed by atoms with Crippen molar-refractivity contribution in [2.24, 2.45) is 0 Å². The van der Waals surface area contributed by atoms with Crippen LogP contribution < -0.4 is 10.9 Å². The third kappa shape index (κ3) is 2.50. The summed E-state index contributed by atoms with van der Waals surface area (Å²) in [6.07, 6.45) is 5.90. The Labute approximate surface area is 143 Å². The largest absolute Gasteiger partial charge is 0.359 e. The maximum absolute atomic E-state index is 12.6. The minimum atomic E-state index is -0.204. The Morgan fingerprint density at radius 1 is 1.24 bits per heavy atom. The van der Waals surface area contributed by atoms with Crippen LogP contribution in [0.15, 0.2) is 53.7 Å². The van der Waals surface area contributed by atoms with E-state index < -0.39 is 0 Å². The molecule has 0 radical (unpaired) electrons. The average Bonchev–Trinajstić information content (AvgIpc) is 3.22. The molecule has 2 aromatic rings. The molecule has 1 amide bonds. The molecule has 0 saturated heterocycles. The van der Waals surface area contributed by atoms with E-state index in [-0.39, 0.29) is 11.6 Å². The molecule has 0 unspecified atom stereocenters. The second kappa shape index (κ2) is 5.94. The summed E-state index contributed by atoms with van der Waals surface area (Å²) >= 11 is 0. The van der Waals surface area contributed by atoms with Gasteiger partial charge in [-0.25, -0.2) is 4.79 Å². The van der Waals surface area contributed by atoms with Crippen molar-refractivity contribution in [2.75, 3.05) is 6.54 Å². The van der Waals surface area contributed by atoms with Gasteiger partial charge in [0.25, 0.3) is 5.56 Å². The van der Waals surface area contributed by atoms with Crippen LogP contribution in [0, 0.1) is 0 Å². The van der Waals surface area contributed by atoms with Gasteiger partial charge in [-0.05, 0) is 18.6 Å². The van der Waals surface area contributed by atoms with Crippen LogP contribution in [0.2, 0.25) is 0 Å². The molecule has 3 heterocycles. The van der Waals surface area contributed by atoms with Gasteiger partial charge in [0.1, 0.15) is 5.69 Å². The van der Waals surface area contributed by atoms with E-state index in [2.05, 4.69) is 15.4 Å². The van der Waals surface area contributed by atoms with Crippen LogP contribution in [0.4, 0.5) is 4.79 Å². The van der Waals surface area contributed by atoms with Crippen LogP contribution >= 0.6 is 0 Å². The van der Waals surface area contributed by atoms with Gasteiger partial charge in [-0.2, -0.15) is 9.78 Å². The highest BCUT2D eigenvalue weighted by Gasteiger charge is 2.20. The minimum Gasteiger partial charge on any atom is -0.359 e. The molecule has 7 heteroatoms. The predicted molar refractivity (Wildman–Crippen MR) is 95.4 cm³/mol. The first-order valence-electron chi connectivity index (χ1n) is 8.15. The lowest BCUT2D eigenvalue weighted by Crippen LogP contribution is -2.27. The molecule has 2 N–H and O–H groups in total. The number of rotatable bonds is 3. The summed E-state index contributed by atoms with van der Waals surface area (Å²) in [7, 11) is 0. The molecule has 0 fully saturated rings. The third-order valence-corrected chi connectivity index (χ3v) is 4.09. The lowest BCUT2D eigenvalue weighted by Gasteiger charge is -2.02. The zero-order chi connectivity index (χ0) is 17.4. The van der Waals surface area contributed by atoms with Crippen LogP contribution in [0.5, 0.6) is 0 Å². The van der Waals surface area contributed by atoms with Gasteiger partial charge < -0.3 is 10.3 Å². The van der Waals surface area contributed by atoms with Crippen molar-refractivity contribution < 1.29 is 4.79 Å². The zero-order valence-electron chi connectivity index (χ0n) is 13.7. The lowest BCUT2D eigenvalue weighted by molar-refractivity contribution is 0.242. The van der Waals surface area contributed by atoms with Crippen molar-refractivity contribution in [1.29, 1.82) is 0 Å². The second-order valence-electron chi connectivity index (χ2n) is 5.83. The molecular formula is C18H17N5O2. The molecule has 2 aliphatic rings. The summed E-state index contributed by atoms with van der Waals surface area (Å²) in [5.74, 6) is 0. The molecule has 0 spiro atoms. The van der Waals surface area contributed by atoms with Crippen LogP contribution in [-0.2, 0) is 0 Å². The standard InChI is InChI=1S/C18H17N5O2/c1-2-8-19-18(25)22-10-14-15(11-22)20-9-13-16(14)21-23(17(13)24)12-6-4-3-5-7-12/h3-7,9-11,20H,2,8H2,1H3,(H,19,25). The number of hydrogen-bond donors (Lipinski definition) is 2. The highest BCUT2D eigenvalue weighted by Crippen LogP contribution is 2.26. The number of carbonyl (C=O) groups is 1. The van der Waals surface area contributed by atoms with Gasteiger partial charge in [0.2, 0.25) is 0 Å². The number of aromatic nitrogens is 4. The fourth-order valence-corrected chi connectivity index (χ4v) is 2.84. The van der Waals surface area contributed by atoms with Gasteiger partial charge in [-0.1, -0.05) is 25.1 Å². The normalized spacial score (nSPS) is 11.2. The molecule has 4 rings (SSSR count). The molecule has 1 aromatic heterocycles. The fourth-order valence-electron chi connectivity index (χ4n) is 2.84. The number of carbonyl (C=O) groups excluding carboxylic acids is 1. The van der Waals surface area contributed by atoms with Crippen molar-refractivity contribution in [3.05, 3.63) is 59.3 Å². The quantitative estimate of drug-likeness (QED) is 0.603. The first-order valence-corrected chi connectivity index (χ1v) is 8.15. The van der Waals surface area contributed by atoms with Gasteiger partial charge in [-0.3, -0.25) is 9.36 Å². The van der Waals surface area contributed by atoms with Crippen LogP contribution in [0.3, 0.4) is 0 Å². The molecule has 0 atom stereocenters. The number of nitrogens with one attached hydrogen (secondary N) is 2. The molecule has 1 aromatic carbocycles. The first-order chi connectivity index (χ1) is 12.2. The summed E-state index contributed by atoms with van der Waals surface area (Å²) in [5, 5.41) is 8.04. The number of aromatic amines is 1. The van der Waals surface area contributed by atoms with Crippen molar-refractivity contribution in [2.45, 2.75) is 13.3 Å². The maximum Gasteiger partial charge on any atom is 0.325 e. The summed E-state index contributed by atoms with van der Waals surface area (Å²) in [6, 6.07) is 9.06. The number of hydrogen-bond acceptors (Lipinski definition) is 3. The number of para-hydroxylation sites is 1. The van der Waals surface area contributed by atoms with E-state index in [4.69, 9.17) is 0 Å². The Hall–Kier alpha value is -3.35. The molecule has 126 valence electrons. The van der Waals surface area contributed by atoms with Gasteiger partial charge in [-0.15, -0.1) is 0 Å². The average molecular weight is 335 g/mol. The first kappa shape index (κ1) is 15.2. The molecule has 0 bridgehead atoms. The number of benzene rings is 1. The molecule has 0 aliphatic carbocycles. The van der Waals surface area contributed by atoms with Gasteiger partial charge in [0.15, 0.2) is 0 Å². The maximum atomic E-state index is 12.6. The Morgan fingerprint density at radius 2 is 2.04 bits per heavy atom. The SMILES string of the molecule is CCCNC(=O)n1cc2[nH]cc3c(=O)n(-c4ccccc4)nc-3c2c1. The smallest absolute Gasteiger partial charge is 0.325 e. The van der Waals surface area contributed by atoms with Gasteiger partial charge >= 0.3 is 6.03 Å². The van der Waals surface area contributed by atoms with Crippen molar-refractivity contribution in [1.82, 2.24) is 24.6 Å². The molecule has 25 heavy (non-hydrogen) atoms. The van der Waals surface area contributed by atoms with Gasteiger partial charge in [0, 0.05) is 30.5 Å². The van der Waals surface area contributed by atoms with Gasteiger partial charge in [0.05, 0.1) is 16.8 Å². The Bertz CT molecular complexity index is 1070. The molecule has 0 saturated carbocycles. The summed E-state index contributed by atoms with van der Waals surface area (Å²) in [6.45, 7) is 2.61. The molecule has 2 aliphatic heterocycles. The van der Waals surface area contributed by atoms with E-state index >= 15 is 0 Å². The fraction of sp³-hybridized carbons (Fsp3) is 0.167. The topological polar surface area (TPSA) is 84.7 Å². The predicted octanol–water partition coefficient (Wildman–Crippen LogP) is 2.59. The van der Waals surface area contributed by atoms with E-state index in [1.54, 1.807) is 18.6 Å². The number of amides is 1. The Morgan fingerprint density at radius 3 is 2.80 bits per heavy atom. The van der Waals surface area contributed by atoms with E-state index in [1.165, 1.54) is 9.25 Å². The van der Waals surface area contributed by atoms with Crippen LogP contribution in [0.1, 0.15) is 13.3 Å². The van der Waals surface area contributed by atoms with Crippen LogP contribution in [0.25, 0.3) is 27.8 Å². The second-order valence-corrected chi connectivity index (χ2v) is 5.83. The Kier molecular flexibility index (Phi) is 3.61. The monoisotopic (exact) mass is 335 g/mol. The van der Waals surface area contributed by atoms with E-state index in [0.717, 1.165) is 17.3 Å². The summed E-state index contributed by atoms with van der Waals surface area (Å²) in [4.78, 5) is 27.9. The molecule has 7 nitrogen and oxygen atoms in total. The summed E-state index contributed by atoms with van der Waals surface area (Å²) < 4.78 is 2.86. The number of nitrogens with zero attached hydrogens (tertiary/aromatic N) is 3. The number of fused-ring (bicyclic) bond motifs is 3. The van der Waals surface area contributed by atoms with Crippen LogP contribution in [-0.4, -0.2) is 31.9 Å². The summed E-state index contributed by atoms with van der Waals surface area (Å²) in [5.41, 5.74) is 2.32. The number of pyridine rings is 1. The van der Waals surface area contributed by atoms with Crippen molar-refractivity contribution in [3.8, 4) is 16.9 Å². The highest BCUT2D eigenvalue weighted by molar-refractivity contribution is 5.95. The van der Waals surface area contributed by atoms with E-state index in [0.29, 0.717) is 23.5 Å². The number of H-pyrrole nitrogens is 1. The van der Waals surface area contributed by atoms with E-state index in [1.807, 2.05) is 37.3 Å². The van der Waals surface area contributed by atoms with Crippen molar-refractivity contribution >= 4 is 16.9 Å². The highest BCUT2D eigenvalue weighted by atomic mass is 16.2. The molecular weight excluding hydrogens is 318 g/mol. The third-order valence-electron chi connectivity index (χ3n) is 4.09. The van der Waals surface area contributed by atoms with Crippen molar-refractivity contribution in [3.63, 3.8) is 0 Å². The zero-order valence-corrected chi connectivity index (χ0v) is 13.7. The Balaban J connectivity index is 1.85. The minimum absolute atomic E-state index is 0.192.